The van der Waals surface area contributed by atoms with Gasteiger partial charge in [-0.15, -0.1) is 0 Å². The molecular weight excluding hydrogens is 216 g/mol. The molecule has 3 heteroatoms. The minimum atomic E-state index is 0.722. The molecule has 0 bridgehead atoms. The van der Waals surface area contributed by atoms with Crippen molar-refractivity contribution in [1.29, 1.82) is 5.26 Å². The molecule has 1 aromatic rings. The molecule has 0 amide bonds. The van der Waals surface area contributed by atoms with Gasteiger partial charge in [-0.1, -0.05) is 12.5 Å². The van der Waals surface area contributed by atoms with Gasteiger partial charge in [-0.3, -0.25) is 0 Å². The van der Waals surface area contributed by atoms with Crippen LogP contribution in [0.4, 0.5) is 5.69 Å². The summed E-state index contributed by atoms with van der Waals surface area (Å²) in [5, 5.41) is 8.81. The molecule has 0 spiro atoms. The molecule has 1 aromatic carbocycles. The summed E-state index contributed by atoms with van der Waals surface area (Å²) in [6, 6.07) is 9.89. The van der Waals surface area contributed by atoms with E-state index in [9.17, 15) is 0 Å². The van der Waals surface area contributed by atoms with Gasteiger partial charge in [0.1, 0.15) is 0 Å². The Hall–Kier alpha value is -1.14. The highest BCUT2D eigenvalue weighted by Gasteiger charge is 2.01. The molecule has 0 unspecified atom stereocenters. The topological polar surface area (TPSA) is 27.0 Å². The van der Waals surface area contributed by atoms with Gasteiger partial charge >= 0.3 is 0 Å². The zero-order valence-corrected chi connectivity index (χ0v) is 10.6. The Morgan fingerprint density at radius 1 is 1.31 bits per heavy atom. The molecule has 0 N–H and O–H groups in total. The van der Waals surface area contributed by atoms with Crippen molar-refractivity contribution in [3.8, 4) is 6.07 Å². The largest absolute Gasteiger partial charge is 0.375 e. The van der Waals surface area contributed by atoms with Crippen molar-refractivity contribution in [3.05, 3.63) is 29.8 Å². The molecule has 1 rings (SSSR count). The van der Waals surface area contributed by atoms with Gasteiger partial charge in [0.15, 0.2) is 0 Å². The number of hydrogen-bond donors (Lipinski definition) is 1. The maximum Gasteiger partial charge on any atom is 0.0992 e. The van der Waals surface area contributed by atoms with Crippen LogP contribution in [-0.2, 0) is 0 Å². The first kappa shape index (κ1) is 12.9. The second-order valence-electron chi connectivity index (χ2n) is 3.87. The lowest BCUT2D eigenvalue weighted by molar-refractivity contribution is 0.710. The van der Waals surface area contributed by atoms with E-state index in [0.29, 0.717) is 0 Å². The highest BCUT2D eigenvalue weighted by atomic mass is 32.1. The monoisotopic (exact) mass is 234 g/mol. The summed E-state index contributed by atoms with van der Waals surface area (Å²) in [6.45, 7) is 1.03. The number of benzene rings is 1. The Kier molecular flexibility index (Phi) is 5.81. The van der Waals surface area contributed by atoms with E-state index in [0.717, 1.165) is 23.5 Å². The molecule has 0 aliphatic carbocycles. The summed E-state index contributed by atoms with van der Waals surface area (Å²) in [4.78, 5) is 2.19. The zero-order valence-electron chi connectivity index (χ0n) is 9.69. The van der Waals surface area contributed by atoms with Crippen LogP contribution in [0.3, 0.4) is 0 Å². The van der Waals surface area contributed by atoms with Crippen LogP contribution in [0.15, 0.2) is 24.3 Å². The fraction of sp³-hybridized carbons (Fsp3) is 0.462. The minimum Gasteiger partial charge on any atom is -0.375 e. The number of thiol groups is 1. The minimum absolute atomic E-state index is 0.722. The average Bonchev–Trinajstić information content (AvgIpc) is 2.34. The van der Waals surface area contributed by atoms with E-state index in [-0.39, 0.29) is 0 Å². The molecule has 0 aliphatic heterocycles. The van der Waals surface area contributed by atoms with Gasteiger partial charge in [0.05, 0.1) is 11.6 Å². The normalized spacial score (nSPS) is 9.81. The molecule has 0 radical (unpaired) electrons. The molecule has 0 saturated carbocycles. The number of nitriles is 1. The molecule has 2 nitrogen and oxygen atoms in total. The molecule has 0 aromatic heterocycles. The third-order valence-corrected chi connectivity index (χ3v) is 2.88. The van der Waals surface area contributed by atoms with Gasteiger partial charge in [0.25, 0.3) is 0 Å². The molecule has 0 saturated heterocycles. The van der Waals surface area contributed by atoms with Crippen molar-refractivity contribution >= 4 is 18.3 Å². The van der Waals surface area contributed by atoms with Gasteiger partial charge < -0.3 is 4.90 Å². The summed E-state index contributed by atoms with van der Waals surface area (Å²) >= 11 is 4.19. The molecule has 0 heterocycles. The van der Waals surface area contributed by atoms with E-state index in [1.165, 1.54) is 19.3 Å². The first-order chi connectivity index (χ1) is 7.77. The number of rotatable bonds is 6. The Bertz CT molecular complexity index is 357. The van der Waals surface area contributed by atoms with Crippen molar-refractivity contribution in [1.82, 2.24) is 0 Å². The fourth-order valence-corrected chi connectivity index (χ4v) is 1.80. The Morgan fingerprint density at radius 2 is 2.12 bits per heavy atom. The number of nitrogens with zero attached hydrogens (tertiary/aromatic N) is 2. The Morgan fingerprint density at radius 3 is 2.81 bits per heavy atom. The quantitative estimate of drug-likeness (QED) is 0.605. The first-order valence-electron chi connectivity index (χ1n) is 5.60. The first-order valence-corrected chi connectivity index (χ1v) is 6.23. The van der Waals surface area contributed by atoms with Crippen LogP contribution >= 0.6 is 12.6 Å². The lowest BCUT2D eigenvalue weighted by Crippen LogP contribution is -2.18. The van der Waals surface area contributed by atoms with E-state index in [4.69, 9.17) is 5.26 Å². The predicted molar refractivity (Wildman–Crippen MR) is 72.1 cm³/mol. The Labute approximate surface area is 103 Å². The van der Waals surface area contributed by atoms with E-state index in [1.807, 2.05) is 24.3 Å². The highest BCUT2D eigenvalue weighted by Crippen LogP contribution is 2.15. The second-order valence-corrected chi connectivity index (χ2v) is 4.32. The maximum absolute atomic E-state index is 8.81. The van der Waals surface area contributed by atoms with Crippen LogP contribution in [0.25, 0.3) is 0 Å². The van der Waals surface area contributed by atoms with Crippen molar-refractivity contribution < 1.29 is 0 Å². The molecule has 0 atom stereocenters. The van der Waals surface area contributed by atoms with Gasteiger partial charge in [-0.2, -0.15) is 17.9 Å². The number of anilines is 1. The summed E-state index contributed by atoms with van der Waals surface area (Å²) in [5.41, 5.74) is 1.84. The number of hydrogen-bond acceptors (Lipinski definition) is 3. The molecule has 86 valence electrons. The smallest absolute Gasteiger partial charge is 0.0992 e. The van der Waals surface area contributed by atoms with Crippen LogP contribution in [-0.4, -0.2) is 19.3 Å². The van der Waals surface area contributed by atoms with Crippen LogP contribution in [0.1, 0.15) is 24.8 Å². The maximum atomic E-state index is 8.81. The third kappa shape index (κ3) is 4.16. The highest BCUT2D eigenvalue weighted by molar-refractivity contribution is 7.80. The standard InChI is InChI=1S/C13H18N2S/c1-15(8-3-2-4-9-16)13-7-5-6-12(10-13)11-14/h5-7,10,16H,2-4,8-9H2,1H3. The lowest BCUT2D eigenvalue weighted by Gasteiger charge is -2.19. The molecule has 0 fully saturated rings. The molecule has 0 aliphatic rings. The zero-order chi connectivity index (χ0) is 11.8. The molecule has 16 heavy (non-hydrogen) atoms. The van der Waals surface area contributed by atoms with Crippen molar-refractivity contribution in [2.24, 2.45) is 0 Å². The summed E-state index contributed by atoms with van der Waals surface area (Å²) in [6.07, 6.45) is 3.56. The van der Waals surface area contributed by atoms with Gasteiger partial charge in [0.2, 0.25) is 0 Å². The lowest BCUT2D eigenvalue weighted by atomic mass is 10.2. The average molecular weight is 234 g/mol. The second kappa shape index (κ2) is 7.19. The SMILES string of the molecule is CN(CCCCCS)c1cccc(C#N)c1. The van der Waals surface area contributed by atoms with Crippen LogP contribution in [0, 0.1) is 11.3 Å². The number of unbranched alkanes of at least 4 members (excludes halogenated alkanes) is 2. The van der Waals surface area contributed by atoms with Crippen molar-refractivity contribution in [2.45, 2.75) is 19.3 Å². The van der Waals surface area contributed by atoms with Crippen LogP contribution in [0.5, 0.6) is 0 Å². The van der Waals surface area contributed by atoms with Gasteiger partial charge in [0, 0.05) is 19.3 Å². The van der Waals surface area contributed by atoms with Gasteiger partial charge in [-0.25, -0.2) is 0 Å². The van der Waals surface area contributed by atoms with Crippen molar-refractivity contribution in [2.75, 3.05) is 24.2 Å². The van der Waals surface area contributed by atoms with Crippen molar-refractivity contribution in [3.63, 3.8) is 0 Å². The van der Waals surface area contributed by atoms with Crippen LogP contribution < -0.4 is 4.90 Å². The molecular formula is C13H18N2S. The van der Waals surface area contributed by atoms with E-state index in [2.05, 4.69) is 30.6 Å². The summed E-state index contributed by atoms with van der Waals surface area (Å²) in [5.74, 6) is 0.966. The van der Waals surface area contributed by atoms with E-state index < -0.39 is 0 Å². The summed E-state index contributed by atoms with van der Waals surface area (Å²) < 4.78 is 0. The van der Waals surface area contributed by atoms with E-state index in [1.54, 1.807) is 0 Å². The Balaban J connectivity index is 2.46. The fourth-order valence-electron chi connectivity index (χ4n) is 1.58. The summed E-state index contributed by atoms with van der Waals surface area (Å²) in [7, 11) is 2.07. The van der Waals surface area contributed by atoms with E-state index >= 15 is 0 Å². The van der Waals surface area contributed by atoms with Crippen LogP contribution in [0.2, 0.25) is 0 Å². The predicted octanol–water partition coefficient (Wildman–Crippen LogP) is 3.09. The van der Waals surface area contributed by atoms with Gasteiger partial charge in [-0.05, 0) is 36.8 Å². The third-order valence-electron chi connectivity index (χ3n) is 2.57.